The number of hydrogen-bond acceptors (Lipinski definition) is 7. The highest BCUT2D eigenvalue weighted by atomic mass is 32.2. The van der Waals surface area contributed by atoms with Crippen LogP contribution in [0.5, 0.6) is 0 Å². The Bertz CT molecular complexity index is 1120. The molecule has 0 aliphatic carbocycles. The molecule has 0 amide bonds. The van der Waals surface area contributed by atoms with Crippen molar-refractivity contribution >= 4 is 21.5 Å². The molecule has 0 bridgehead atoms. The summed E-state index contributed by atoms with van der Waals surface area (Å²) in [5, 5.41) is 9.87. The minimum Gasteiger partial charge on any atom is -0.387 e. The molecule has 0 saturated carbocycles. The van der Waals surface area contributed by atoms with Gasteiger partial charge in [0.25, 0.3) is 0 Å². The first-order valence-corrected chi connectivity index (χ1v) is 12.2. The SMILES string of the molecule is CC(O)c1nc(N2CCN(c3ccc(F)c(S(C)(=O)=O)c3)CC2C(C)C)ncc1C(F)(F)F. The van der Waals surface area contributed by atoms with E-state index in [1.165, 1.54) is 19.1 Å². The van der Waals surface area contributed by atoms with Crippen LogP contribution >= 0.6 is 0 Å². The van der Waals surface area contributed by atoms with E-state index in [1.54, 1.807) is 4.90 Å². The van der Waals surface area contributed by atoms with Crippen LogP contribution in [0.2, 0.25) is 0 Å². The number of benzene rings is 1. The second kappa shape index (κ2) is 9.05. The van der Waals surface area contributed by atoms with Crippen LogP contribution < -0.4 is 9.80 Å². The average molecular weight is 491 g/mol. The summed E-state index contributed by atoms with van der Waals surface area (Å²) in [6.45, 7) is 6.19. The second-order valence-electron chi connectivity index (χ2n) is 8.48. The molecule has 1 aromatic carbocycles. The van der Waals surface area contributed by atoms with Gasteiger partial charge in [0.1, 0.15) is 10.7 Å². The molecule has 0 spiro atoms. The first-order chi connectivity index (χ1) is 15.2. The van der Waals surface area contributed by atoms with Gasteiger partial charge in [-0.1, -0.05) is 13.8 Å². The summed E-state index contributed by atoms with van der Waals surface area (Å²) in [4.78, 5) is 11.3. The number of nitrogens with zero attached hydrogens (tertiary/aromatic N) is 4. The van der Waals surface area contributed by atoms with Gasteiger partial charge in [-0.15, -0.1) is 0 Å². The third kappa shape index (κ3) is 5.37. The molecule has 2 heterocycles. The van der Waals surface area contributed by atoms with Crippen molar-refractivity contribution in [2.75, 3.05) is 35.7 Å². The first-order valence-electron chi connectivity index (χ1n) is 10.3. The van der Waals surface area contributed by atoms with Crippen molar-refractivity contribution in [3.05, 3.63) is 41.5 Å². The summed E-state index contributed by atoms with van der Waals surface area (Å²) < 4.78 is 77.7. The number of hydrogen-bond donors (Lipinski definition) is 1. The van der Waals surface area contributed by atoms with Crippen molar-refractivity contribution in [1.29, 1.82) is 0 Å². The van der Waals surface area contributed by atoms with Crippen molar-refractivity contribution in [2.45, 2.75) is 44.0 Å². The number of sulfone groups is 1. The molecule has 0 radical (unpaired) electrons. The van der Waals surface area contributed by atoms with E-state index in [1.807, 2.05) is 18.7 Å². The Morgan fingerprint density at radius 3 is 2.39 bits per heavy atom. The predicted molar refractivity (Wildman–Crippen MR) is 115 cm³/mol. The molecule has 7 nitrogen and oxygen atoms in total. The van der Waals surface area contributed by atoms with Crippen LogP contribution in [-0.2, 0) is 16.0 Å². The molecule has 1 saturated heterocycles. The molecule has 33 heavy (non-hydrogen) atoms. The Morgan fingerprint density at radius 1 is 1.18 bits per heavy atom. The summed E-state index contributed by atoms with van der Waals surface area (Å²) >= 11 is 0. The highest BCUT2D eigenvalue weighted by molar-refractivity contribution is 7.90. The number of halogens is 4. The Kier molecular flexibility index (Phi) is 6.90. The van der Waals surface area contributed by atoms with E-state index in [-0.39, 0.29) is 17.9 Å². The lowest BCUT2D eigenvalue weighted by Crippen LogP contribution is -2.56. The second-order valence-corrected chi connectivity index (χ2v) is 10.5. The molecule has 2 aromatic rings. The van der Waals surface area contributed by atoms with Crippen molar-refractivity contribution in [2.24, 2.45) is 5.92 Å². The molecule has 1 aliphatic rings. The third-order valence-electron chi connectivity index (χ3n) is 5.63. The van der Waals surface area contributed by atoms with Crippen LogP contribution in [0.3, 0.4) is 0 Å². The maximum atomic E-state index is 14.0. The maximum Gasteiger partial charge on any atom is 0.419 e. The first kappa shape index (κ1) is 25.2. The summed E-state index contributed by atoms with van der Waals surface area (Å²) in [6, 6.07) is 3.66. The highest BCUT2D eigenvalue weighted by Crippen LogP contribution is 2.35. The van der Waals surface area contributed by atoms with E-state index < -0.39 is 44.1 Å². The number of anilines is 2. The quantitative estimate of drug-likeness (QED) is 0.643. The highest BCUT2D eigenvalue weighted by Gasteiger charge is 2.38. The fourth-order valence-electron chi connectivity index (χ4n) is 3.90. The van der Waals surface area contributed by atoms with E-state index in [9.17, 15) is 31.1 Å². The molecule has 1 fully saturated rings. The van der Waals surface area contributed by atoms with Gasteiger partial charge in [0.15, 0.2) is 9.84 Å². The van der Waals surface area contributed by atoms with E-state index >= 15 is 0 Å². The Morgan fingerprint density at radius 2 is 1.85 bits per heavy atom. The Hall–Kier alpha value is -2.47. The largest absolute Gasteiger partial charge is 0.419 e. The number of aliphatic hydroxyl groups is 1. The standard InChI is InChI=1S/C21H26F4N4O3S/c1-12(2)17-11-28(14-5-6-16(22)18(9-14)33(4,31)32)7-8-29(17)20-26-10-15(21(23,24)25)19(27-20)13(3)30/h5-6,9-10,12-13,17,30H,7-8,11H2,1-4H3. The summed E-state index contributed by atoms with van der Waals surface area (Å²) in [5.74, 6) is -0.721. The van der Waals surface area contributed by atoms with Crippen LogP contribution in [0.1, 0.15) is 38.1 Å². The van der Waals surface area contributed by atoms with Gasteiger partial charge in [-0.3, -0.25) is 0 Å². The zero-order chi connectivity index (χ0) is 24.7. The van der Waals surface area contributed by atoms with Gasteiger partial charge in [0, 0.05) is 37.8 Å². The van der Waals surface area contributed by atoms with Crippen LogP contribution in [0.4, 0.5) is 29.2 Å². The van der Waals surface area contributed by atoms with Gasteiger partial charge in [-0.05, 0) is 31.0 Å². The summed E-state index contributed by atoms with van der Waals surface area (Å²) in [6.07, 6.45) is -4.50. The number of piperazine rings is 1. The summed E-state index contributed by atoms with van der Waals surface area (Å²) in [5.41, 5.74) is -1.05. The molecule has 2 atom stereocenters. The predicted octanol–water partition coefficient (Wildman–Crippen LogP) is 3.44. The molecule has 2 unspecified atom stereocenters. The molecule has 182 valence electrons. The van der Waals surface area contributed by atoms with E-state index in [2.05, 4.69) is 9.97 Å². The maximum absolute atomic E-state index is 14.0. The lowest BCUT2D eigenvalue weighted by atomic mass is 9.99. The number of alkyl halides is 3. The Balaban J connectivity index is 1.94. The fraction of sp³-hybridized carbons (Fsp3) is 0.524. The van der Waals surface area contributed by atoms with Crippen LogP contribution in [0, 0.1) is 11.7 Å². The molecule has 1 N–H and O–H groups in total. The Labute approximate surface area is 190 Å². The van der Waals surface area contributed by atoms with Crippen molar-refractivity contribution in [3.63, 3.8) is 0 Å². The van der Waals surface area contributed by atoms with Crippen molar-refractivity contribution < 1.29 is 31.1 Å². The average Bonchev–Trinajstić information content (AvgIpc) is 2.71. The lowest BCUT2D eigenvalue weighted by Gasteiger charge is -2.44. The minimum absolute atomic E-state index is 0.0310. The molecule has 12 heteroatoms. The van der Waals surface area contributed by atoms with Crippen LogP contribution in [0.15, 0.2) is 29.3 Å². The molecule has 3 rings (SSSR count). The minimum atomic E-state index is -4.69. The third-order valence-corrected chi connectivity index (χ3v) is 6.74. The number of rotatable bonds is 5. The molecular formula is C21H26F4N4O3S. The van der Waals surface area contributed by atoms with Gasteiger partial charge in [-0.2, -0.15) is 13.2 Å². The van der Waals surface area contributed by atoms with Crippen LogP contribution in [0.25, 0.3) is 0 Å². The lowest BCUT2D eigenvalue weighted by molar-refractivity contribution is -0.139. The number of aliphatic hydroxyl groups excluding tert-OH is 1. The molecule has 1 aliphatic heterocycles. The van der Waals surface area contributed by atoms with E-state index in [0.717, 1.165) is 12.3 Å². The van der Waals surface area contributed by atoms with Crippen molar-refractivity contribution in [3.8, 4) is 0 Å². The fourth-order valence-corrected chi connectivity index (χ4v) is 4.65. The topological polar surface area (TPSA) is 86.6 Å². The van der Waals surface area contributed by atoms with Gasteiger partial charge in [0.05, 0.1) is 23.4 Å². The zero-order valence-electron chi connectivity index (χ0n) is 18.6. The van der Waals surface area contributed by atoms with Crippen molar-refractivity contribution in [1.82, 2.24) is 9.97 Å². The molecule has 1 aromatic heterocycles. The van der Waals surface area contributed by atoms with Crippen LogP contribution in [-0.4, -0.2) is 55.4 Å². The van der Waals surface area contributed by atoms with E-state index in [0.29, 0.717) is 31.5 Å². The monoisotopic (exact) mass is 490 g/mol. The number of aromatic nitrogens is 2. The normalized spacial score (nSPS) is 18.7. The van der Waals surface area contributed by atoms with E-state index in [4.69, 9.17) is 0 Å². The van der Waals surface area contributed by atoms with Gasteiger partial charge >= 0.3 is 6.18 Å². The van der Waals surface area contributed by atoms with Gasteiger partial charge < -0.3 is 14.9 Å². The van der Waals surface area contributed by atoms with Gasteiger partial charge in [0.2, 0.25) is 5.95 Å². The summed E-state index contributed by atoms with van der Waals surface area (Å²) in [7, 11) is -3.76. The zero-order valence-corrected chi connectivity index (χ0v) is 19.5. The van der Waals surface area contributed by atoms with Gasteiger partial charge in [-0.25, -0.2) is 22.8 Å². The molecular weight excluding hydrogens is 464 g/mol. The smallest absolute Gasteiger partial charge is 0.387 e.